The van der Waals surface area contributed by atoms with E-state index in [1.165, 1.54) is 7.11 Å². The molecule has 4 heteroatoms. The molecule has 0 bridgehead atoms. The Hall–Kier alpha value is -1.32. The molecule has 0 aliphatic carbocycles. The summed E-state index contributed by atoms with van der Waals surface area (Å²) < 4.78 is 4.60. The number of rotatable bonds is 5. The maximum absolute atomic E-state index is 11.0. The maximum atomic E-state index is 11.0. The average molecular weight is 210 g/mol. The van der Waals surface area contributed by atoms with Crippen molar-refractivity contribution in [1.29, 1.82) is 0 Å². The van der Waals surface area contributed by atoms with Gasteiger partial charge in [0.2, 0.25) is 0 Å². The van der Waals surface area contributed by atoms with Gasteiger partial charge in [-0.1, -0.05) is 13.8 Å². The number of nitrogens with one attached hydrogen (secondary N) is 1. The largest absolute Gasteiger partial charge is 0.469 e. The lowest BCUT2D eigenvalue weighted by atomic mass is 10.0. The fraction of sp³-hybridized carbons (Fsp3) is 0.636. The molecule has 84 valence electrons. The van der Waals surface area contributed by atoms with Gasteiger partial charge in [0.05, 0.1) is 13.3 Å². The second-order valence-electron chi connectivity index (χ2n) is 4.05. The number of hydrogen-bond donors (Lipinski definition) is 1. The second-order valence-corrected chi connectivity index (χ2v) is 4.05. The fourth-order valence-electron chi connectivity index (χ4n) is 1.48. The zero-order valence-corrected chi connectivity index (χ0v) is 9.54. The van der Waals surface area contributed by atoms with Crippen LogP contribution in [0.3, 0.4) is 0 Å². The Morgan fingerprint density at radius 2 is 2.33 bits per heavy atom. The first-order valence-corrected chi connectivity index (χ1v) is 5.21. The SMILES string of the molecule is COC(=O)CCc1cn[nH]c1CC(C)C. The lowest BCUT2D eigenvalue weighted by Gasteiger charge is -2.05. The predicted octanol–water partition coefficient (Wildman–Crippen LogP) is 1.71. The number of hydrogen-bond acceptors (Lipinski definition) is 3. The quantitative estimate of drug-likeness (QED) is 0.753. The fourth-order valence-corrected chi connectivity index (χ4v) is 1.48. The number of aromatic amines is 1. The summed E-state index contributed by atoms with van der Waals surface area (Å²) in [4.78, 5) is 11.0. The number of esters is 1. The second kappa shape index (κ2) is 5.53. The van der Waals surface area contributed by atoms with Crippen LogP contribution < -0.4 is 0 Å². The summed E-state index contributed by atoms with van der Waals surface area (Å²) in [6, 6.07) is 0. The van der Waals surface area contributed by atoms with Crippen LogP contribution >= 0.6 is 0 Å². The van der Waals surface area contributed by atoms with Gasteiger partial charge in [-0.05, 0) is 24.3 Å². The summed E-state index contributed by atoms with van der Waals surface area (Å²) in [5.41, 5.74) is 2.25. The molecular formula is C11H18N2O2. The van der Waals surface area contributed by atoms with Gasteiger partial charge in [0.1, 0.15) is 0 Å². The van der Waals surface area contributed by atoms with E-state index >= 15 is 0 Å². The van der Waals surface area contributed by atoms with Gasteiger partial charge in [-0.2, -0.15) is 5.10 Å². The Morgan fingerprint density at radius 1 is 1.60 bits per heavy atom. The van der Waals surface area contributed by atoms with E-state index < -0.39 is 0 Å². The van der Waals surface area contributed by atoms with Crippen molar-refractivity contribution in [2.75, 3.05) is 7.11 Å². The molecule has 1 N–H and O–H groups in total. The van der Waals surface area contributed by atoms with E-state index in [1.807, 2.05) is 0 Å². The van der Waals surface area contributed by atoms with E-state index in [0.717, 1.165) is 17.7 Å². The Balaban J connectivity index is 2.53. The molecule has 15 heavy (non-hydrogen) atoms. The summed E-state index contributed by atoms with van der Waals surface area (Å²) in [5, 5.41) is 6.98. The van der Waals surface area contributed by atoms with Gasteiger partial charge < -0.3 is 4.74 Å². The van der Waals surface area contributed by atoms with Gasteiger partial charge in [-0.15, -0.1) is 0 Å². The van der Waals surface area contributed by atoms with Crippen molar-refractivity contribution in [3.05, 3.63) is 17.5 Å². The lowest BCUT2D eigenvalue weighted by molar-refractivity contribution is -0.140. The molecular weight excluding hydrogens is 192 g/mol. The molecule has 0 atom stereocenters. The molecule has 1 rings (SSSR count). The number of methoxy groups -OCH3 is 1. The molecule has 0 aliphatic heterocycles. The van der Waals surface area contributed by atoms with Crippen LogP contribution in [0.5, 0.6) is 0 Å². The normalized spacial score (nSPS) is 10.7. The average Bonchev–Trinajstić information content (AvgIpc) is 2.61. The lowest BCUT2D eigenvalue weighted by Crippen LogP contribution is -2.04. The van der Waals surface area contributed by atoms with Crippen molar-refractivity contribution in [2.45, 2.75) is 33.1 Å². The summed E-state index contributed by atoms with van der Waals surface area (Å²) in [6.45, 7) is 4.32. The van der Waals surface area contributed by atoms with Gasteiger partial charge in [0.15, 0.2) is 0 Å². The minimum atomic E-state index is -0.174. The zero-order chi connectivity index (χ0) is 11.3. The number of carbonyl (C=O) groups is 1. The van der Waals surface area contributed by atoms with Crippen LogP contribution in [0.2, 0.25) is 0 Å². The van der Waals surface area contributed by atoms with Gasteiger partial charge in [0.25, 0.3) is 0 Å². The smallest absolute Gasteiger partial charge is 0.305 e. The van der Waals surface area contributed by atoms with Crippen molar-refractivity contribution in [3.63, 3.8) is 0 Å². The molecule has 0 fully saturated rings. The molecule has 0 saturated carbocycles. The molecule has 0 amide bonds. The number of carbonyl (C=O) groups excluding carboxylic acids is 1. The van der Waals surface area contributed by atoms with Crippen LogP contribution in [-0.2, 0) is 22.4 Å². The molecule has 1 aromatic rings. The minimum Gasteiger partial charge on any atom is -0.469 e. The van der Waals surface area contributed by atoms with Crippen LogP contribution in [0.1, 0.15) is 31.5 Å². The molecule has 0 aromatic carbocycles. The Kier molecular flexibility index (Phi) is 4.34. The highest BCUT2D eigenvalue weighted by Gasteiger charge is 2.09. The zero-order valence-electron chi connectivity index (χ0n) is 9.54. The van der Waals surface area contributed by atoms with Crippen molar-refractivity contribution >= 4 is 5.97 Å². The topological polar surface area (TPSA) is 55.0 Å². The molecule has 1 aromatic heterocycles. The number of nitrogens with zero attached hydrogens (tertiary/aromatic N) is 1. The summed E-state index contributed by atoms with van der Waals surface area (Å²) >= 11 is 0. The first-order chi connectivity index (χ1) is 7.13. The van der Waals surface area contributed by atoms with Crippen LogP contribution in [0.25, 0.3) is 0 Å². The standard InChI is InChI=1S/C11H18N2O2/c1-8(2)6-10-9(7-12-13-10)4-5-11(14)15-3/h7-8H,4-6H2,1-3H3,(H,12,13). The van der Waals surface area contributed by atoms with Crippen molar-refractivity contribution in [1.82, 2.24) is 10.2 Å². The number of aryl methyl sites for hydroxylation is 1. The Bertz CT molecular complexity index is 318. The number of aromatic nitrogens is 2. The number of ether oxygens (including phenoxy) is 1. The van der Waals surface area contributed by atoms with E-state index in [0.29, 0.717) is 18.8 Å². The molecule has 0 unspecified atom stereocenters. The third-order valence-electron chi connectivity index (χ3n) is 2.25. The van der Waals surface area contributed by atoms with Crippen LogP contribution in [-0.4, -0.2) is 23.3 Å². The highest BCUT2D eigenvalue weighted by atomic mass is 16.5. The van der Waals surface area contributed by atoms with Gasteiger partial charge in [0, 0.05) is 12.1 Å². The molecule has 0 aliphatic rings. The van der Waals surface area contributed by atoms with E-state index in [9.17, 15) is 4.79 Å². The van der Waals surface area contributed by atoms with Crippen LogP contribution in [0.4, 0.5) is 0 Å². The van der Waals surface area contributed by atoms with Crippen molar-refractivity contribution in [2.24, 2.45) is 5.92 Å². The molecule has 0 spiro atoms. The molecule has 1 heterocycles. The third kappa shape index (κ3) is 3.73. The predicted molar refractivity (Wildman–Crippen MR) is 57.5 cm³/mol. The van der Waals surface area contributed by atoms with Crippen LogP contribution in [0.15, 0.2) is 6.20 Å². The maximum Gasteiger partial charge on any atom is 0.305 e. The highest BCUT2D eigenvalue weighted by molar-refractivity contribution is 5.69. The molecule has 0 saturated heterocycles. The van der Waals surface area contributed by atoms with E-state index in [4.69, 9.17) is 0 Å². The van der Waals surface area contributed by atoms with Gasteiger partial charge >= 0.3 is 5.97 Å². The molecule has 4 nitrogen and oxygen atoms in total. The summed E-state index contributed by atoms with van der Waals surface area (Å²) in [7, 11) is 1.41. The highest BCUT2D eigenvalue weighted by Crippen LogP contribution is 2.12. The first kappa shape index (κ1) is 11.8. The van der Waals surface area contributed by atoms with E-state index in [2.05, 4.69) is 28.8 Å². The third-order valence-corrected chi connectivity index (χ3v) is 2.25. The van der Waals surface area contributed by atoms with Crippen LogP contribution in [0, 0.1) is 5.92 Å². The first-order valence-electron chi connectivity index (χ1n) is 5.21. The summed E-state index contributed by atoms with van der Waals surface area (Å²) in [6.07, 6.45) is 3.88. The van der Waals surface area contributed by atoms with E-state index in [1.54, 1.807) is 6.20 Å². The van der Waals surface area contributed by atoms with Gasteiger partial charge in [-0.25, -0.2) is 0 Å². The van der Waals surface area contributed by atoms with E-state index in [-0.39, 0.29) is 5.97 Å². The summed E-state index contributed by atoms with van der Waals surface area (Å²) in [5.74, 6) is 0.411. The Labute approximate surface area is 90.0 Å². The van der Waals surface area contributed by atoms with Crippen molar-refractivity contribution < 1.29 is 9.53 Å². The monoisotopic (exact) mass is 210 g/mol. The van der Waals surface area contributed by atoms with Gasteiger partial charge in [-0.3, -0.25) is 9.89 Å². The number of H-pyrrole nitrogens is 1. The molecule has 0 radical (unpaired) electrons. The van der Waals surface area contributed by atoms with Crippen molar-refractivity contribution in [3.8, 4) is 0 Å². The minimum absolute atomic E-state index is 0.174. The Morgan fingerprint density at radius 3 is 2.93 bits per heavy atom.